The fraction of sp³-hybridized carbons (Fsp3) is 0.385. The maximum absolute atomic E-state index is 13.6. The van der Waals surface area contributed by atoms with Crippen LogP contribution in [0, 0.1) is 11.6 Å². The Labute approximate surface area is 113 Å². The number of β-amino-alcohol motifs (C(OH)–C–C–N with tert-alkyl or cyclic N) is 1. The topological polar surface area (TPSA) is 66.8 Å². The Balaban J connectivity index is 2.29. The van der Waals surface area contributed by atoms with E-state index >= 15 is 0 Å². The molecule has 1 amide bonds. The maximum Gasteiger partial charge on any atom is 0.328 e. The zero-order chi connectivity index (χ0) is 14.9. The fourth-order valence-electron chi connectivity index (χ4n) is 2.22. The van der Waals surface area contributed by atoms with Gasteiger partial charge in [-0.1, -0.05) is 0 Å². The fourth-order valence-corrected chi connectivity index (χ4v) is 2.22. The lowest BCUT2D eigenvalue weighted by molar-refractivity contribution is -0.145. The van der Waals surface area contributed by atoms with Crippen LogP contribution in [0.4, 0.5) is 8.78 Å². The number of halogens is 2. The zero-order valence-corrected chi connectivity index (χ0v) is 10.7. The number of ether oxygens (including phenoxy) is 1. The first-order valence-corrected chi connectivity index (χ1v) is 5.96. The van der Waals surface area contributed by atoms with Crippen LogP contribution in [-0.4, -0.2) is 47.7 Å². The number of benzene rings is 1. The van der Waals surface area contributed by atoms with Gasteiger partial charge in [-0.2, -0.15) is 0 Å². The highest BCUT2D eigenvalue weighted by Gasteiger charge is 2.40. The van der Waals surface area contributed by atoms with Crippen LogP contribution in [-0.2, 0) is 9.53 Å². The Morgan fingerprint density at radius 1 is 1.40 bits per heavy atom. The van der Waals surface area contributed by atoms with Crippen molar-refractivity contribution in [2.45, 2.75) is 18.6 Å². The van der Waals surface area contributed by atoms with Crippen molar-refractivity contribution < 1.29 is 28.2 Å². The van der Waals surface area contributed by atoms with Crippen LogP contribution in [0.1, 0.15) is 16.8 Å². The summed E-state index contributed by atoms with van der Waals surface area (Å²) in [5.41, 5.74) is -0.352. The first kappa shape index (κ1) is 14.4. The Bertz CT molecular complexity index is 549. The van der Waals surface area contributed by atoms with Gasteiger partial charge >= 0.3 is 5.97 Å². The summed E-state index contributed by atoms with van der Waals surface area (Å²) in [4.78, 5) is 24.8. The molecule has 0 saturated carbocycles. The second kappa shape index (κ2) is 5.54. The number of amides is 1. The molecule has 1 aliphatic rings. The third kappa shape index (κ3) is 2.62. The molecule has 0 spiro atoms. The molecule has 1 heterocycles. The number of nitrogens with zero attached hydrogens (tertiary/aromatic N) is 1. The van der Waals surface area contributed by atoms with E-state index in [4.69, 9.17) is 0 Å². The van der Waals surface area contributed by atoms with E-state index in [-0.39, 0.29) is 18.5 Å². The Kier molecular flexibility index (Phi) is 3.99. The van der Waals surface area contributed by atoms with Crippen molar-refractivity contribution in [2.24, 2.45) is 0 Å². The second-order valence-electron chi connectivity index (χ2n) is 4.51. The number of hydrogen-bond acceptors (Lipinski definition) is 4. The van der Waals surface area contributed by atoms with Crippen molar-refractivity contribution in [1.29, 1.82) is 0 Å². The lowest BCUT2D eigenvalue weighted by Crippen LogP contribution is -2.41. The molecule has 1 aliphatic heterocycles. The molecular weight excluding hydrogens is 272 g/mol. The van der Waals surface area contributed by atoms with E-state index in [0.717, 1.165) is 24.1 Å². The van der Waals surface area contributed by atoms with Crippen LogP contribution in [0.3, 0.4) is 0 Å². The summed E-state index contributed by atoms with van der Waals surface area (Å²) in [6.45, 7) is -0.102. The number of esters is 1. The third-order valence-corrected chi connectivity index (χ3v) is 3.17. The third-order valence-electron chi connectivity index (χ3n) is 3.17. The Hall–Kier alpha value is -2.02. The van der Waals surface area contributed by atoms with Gasteiger partial charge in [0, 0.05) is 19.0 Å². The van der Waals surface area contributed by atoms with Gasteiger partial charge in [0.25, 0.3) is 5.91 Å². The van der Waals surface area contributed by atoms with Crippen molar-refractivity contribution in [2.75, 3.05) is 13.7 Å². The van der Waals surface area contributed by atoms with Gasteiger partial charge in [0.15, 0.2) is 0 Å². The summed E-state index contributed by atoms with van der Waals surface area (Å²) < 4.78 is 31.0. The summed E-state index contributed by atoms with van der Waals surface area (Å²) in [5, 5.41) is 9.57. The van der Waals surface area contributed by atoms with Crippen molar-refractivity contribution >= 4 is 11.9 Å². The first-order valence-electron chi connectivity index (χ1n) is 5.96. The minimum Gasteiger partial charge on any atom is -0.467 e. The summed E-state index contributed by atoms with van der Waals surface area (Å²) in [6, 6.07) is 1.58. The average molecular weight is 285 g/mol. The van der Waals surface area contributed by atoms with E-state index < -0.39 is 35.7 Å². The second-order valence-corrected chi connectivity index (χ2v) is 4.51. The first-order chi connectivity index (χ1) is 9.43. The van der Waals surface area contributed by atoms with Crippen molar-refractivity contribution in [1.82, 2.24) is 4.90 Å². The van der Waals surface area contributed by atoms with Crippen LogP contribution < -0.4 is 0 Å². The quantitative estimate of drug-likeness (QED) is 0.813. The molecule has 1 aromatic carbocycles. The van der Waals surface area contributed by atoms with E-state index in [1.807, 2.05) is 0 Å². The minimum absolute atomic E-state index is 0.0290. The predicted molar refractivity (Wildman–Crippen MR) is 63.8 cm³/mol. The highest BCUT2D eigenvalue weighted by atomic mass is 19.1. The maximum atomic E-state index is 13.6. The standard InChI is InChI=1S/C13H13F2NO4/c1-20-13(19)11-5-8(17)6-16(11)12(18)9-3-2-7(14)4-10(9)15/h2-4,8,11,17H,5-6H2,1H3. The number of aliphatic hydroxyl groups is 1. The molecule has 1 saturated heterocycles. The molecule has 7 heteroatoms. The van der Waals surface area contributed by atoms with Crippen LogP contribution in [0.2, 0.25) is 0 Å². The van der Waals surface area contributed by atoms with Crippen LogP contribution in [0.5, 0.6) is 0 Å². The molecular formula is C13H13F2NO4. The molecule has 0 radical (unpaired) electrons. The minimum atomic E-state index is -1.01. The molecule has 108 valence electrons. The molecule has 1 aromatic rings. The summed E-state index contributed by atoms with van der Waals surface area (Å²) in [5.74, 6) is -3.28. The number of carbonyl (C=O) groups is 2. The zero-order valence-electron chi connectivity index (χ0n) is 10.7. The molecule has 1 N–H and O–H groups in total. The normalized spacial score (nSPS) is 21.9. The highest BCUT2D eigenvalue weighted by Crippen LogP contribution is 2.23. The van der Waals surface area contributed by atoms with Crippen LogP contribution >= 0.6 is 0 Å². The summed E-state index contributed by atoms with van der Waals surface area (Å²) in [6.07, 6.45) is -0.854. The SMILES string of the molecule is COC(=O)C1CC(O)CN1C(=O)c1ccc(F)cc1F. The predicted octanol–water partition coefficient (Wildman–Crippen LogP) is 0.713. The van der Waals surface area contributed by atoms with Crippen molar-refractivity contribution in [3.05, 3.63) is 35.4 Å². The molecule has 0 aromatic heterocycles. The number of methoxy groups -OCH3 is 1. The van der Waals surface area contributed by atoms with Gasteiger partial charge in [0.2, 0.25) is 0 Å². The number of carbonyl (C=O) groups excluding carboxylic acids is 2. The summed E-state index contributed by atoms with van der Waals surface area (Å²) >= 11 is 0. The summed E-state index contributed by atoms with van der Waals surface area (Å²) in [7, 11) is 1.16. The van der Waals surface area contributed by atoms with Crippen LogP contribution in [0.25, 0.3) is 0 Å². The Morgan fingerprint density at radius 2 is 2.10 bits per heavy atom. The van der Waals surface area contributed by atoms with E-state index in [2.05, 4.69) is 4.74 Å². The Morgan fingerprint density at radius 3 is 2.70 bits per heavy atom. The number of likely N-dealkylation sites (tertiary alicyclic amines) is 1. The van der Waals surface area contributed by atoms with Crippen molar-refractivity contribution in [3.63, 3.8) is 0 Å². The molecule has 5 nitrogen and oxygen atoms in total. The number of rotatable bonds is 2. The molecule has 20 heavy (non-hydrogen) atoms. The van der Waals surface area contributed by atoms with Crippen molar-refractivity contribution in [3.8, 4) is 0 Å². The lowest BCUT2D eigenvalue weighted by Gasteiger charge is -2.22. The van der Waals surface area contributed by atoms with E-state index in [1.54, 1.807) is 0 Å². The van der Waals surface area contributed by atoms with E-state index in [1.165, 1.54) is 0 Å². The van der Waals surface area contributed by atoms with E-state index in [9.17, 15) is 23.5 Å². The van der Waals surface area contributed by atoms with E-state index in [0.29, 0.717) is 6.07 Å². The van der Waals surface area contributed by atoms with Gasteiger partial charge < -0.3 is 14.7 Å². The number of aliphatic hydroxyl groups excluding tert-OH is 1. The molecule has 0 bridgehead atoms. The van der Waals surface area contributed by atoms with Gasteiger partial charge in [0.1, 0.15) is 17.7 Å². The van der Waals surface area contributed by atoms with Gasteiger partial charge in [-0.3, -0.25) is 4.79 Å². The molecule has 2 unspecified atom stereocenters. The van der Waals surface area contributed by atoms with Gasteiger partial charge in [-0.05, 0) is 12.1 Å². The monoisotopic (exact) mass is 285 g/mol. The average Bonchev–Trinajstić information content (AvgIpc) is 2.79. The molecule has 2 rings (SSSR count). The van der Waals surface area contributed by atoms with Gasteiger partial charge in [-0.25, -0.2) is 13.6 Å². The number of hydrogen-bond donors (Lipinski definition) is 1. The molecule has 2 atom stereocenters. The van der Waals surface area contributed by atoms with Crippen LogP contribution in [0.15, 0.2) is 18.2 Å². The molecule has 0 aliphatic carbocycles. The molecule has 1 fully saturated rings. The van der Waals surface area contributed by atoms with Gasteiger partial charge in [0.05, 0.1) is 18.8 Å². The lowest BCUT2D eigenvalue weighted by atomic mass is 10.1. The smallest absolute Gasteiger partial charge is 0.328 e. The van der Waals surface area contributed by atoms with Gasteiger partial charge in [-0.15, -0.1) is 0 Å². The largest absolute Gasteiger partial charge is 0.467 e. The highest BCUT2D eigenvalue weighted by molar-refractivity contribution is 5.97.